The van der Waals surface area contributed by atoms with E-state index in [4.69, 9.17) is 5.73 Å². The van der Waals surface area contributed by atoms with Crippen LogP contribution < -0.4 is 11.1 Å². The van der Waals surface area contributed by atoms with Gasteiger partial charge in [0.05, 0.1) is 12.1 Å². The van der Waals surface area contributed by atoms with Crippen LogP contribution in [0.4, 0.5) is 5.69 Å². The number of amides is 2. The third kappa shape index (κ3) is 4.13. The fourth-order valence-electron chi connectivity index (χ4n) is 1.69. The number of nitrogens with one attached hydrogen (secondary N) is 1. The van der Waals surface area contributed by atoms with Gasteiger partial charge in [0.15, 0.2) is 0 Å². The average molecular weight is 284 g/mol. The zero-order chi connectivity index (χ0) is 13.1. The third-order valence-electron chi connectivity index (χ3n) is 2.86. The van der Waals surface area contributed by atoms with E-state index >= 15 is 0 Å². The van der Waals surface area contributed by atoms with Crippen LogP contribution in [0.5, 0.6) is 0 Å². The maximum absolute atomic E-state index is 12.1. The van der Waals surface area contributed by atoms with Crippen molar-refractivity contribution in [2.75, 3.05) is 19.3 Å². The van der Waals surface area contributed by atoms with Gasteiger partial charge in [-0.05, 0) is 25.0 Å². The molecule has 1 aliphatic rings. The van der Waals surface area contributed by atoms with Crippen molar-refractivity contribution in [3.05, 3.63) is 29.8 Å². The molecule has 2 amide bonds. The normalized spacial score (nSPS) is 13.3. The molecular weight excluding hydrogens is 266 g/mol. The molecule has 0 heterocycles. The number of nitrogens with two attached hydrogens (primary N) is 1. The number of rotatable bonds is 4. The number of hydrogen-bond acceptors (Lipinski definition) is 3. The largest absolute Gasteiger partial charge is 0.398 e. The van der Waals surface area contributed by atoms with Crippen LogP contribution in [-0.2, 0) is 4.79 Å². The number of nitrogens with zero attached hydrogens (tertiary/aromatic N) is 1. The minimum absolute atomic E-state index is 0. The van der Waals surface area contributed by atoms with E-state index in [1.165, 1.54) is 4.90 Å². The molecule has 0 atom stereocenters. The van der Waals surface area contributed by atoms with Crippen LogP contribution >= 0.6 is 12.4 Å². The van der Waals surface area contributed by atoms with Crippen molar-refractivity contribution in [2.24, 2.45) is 0 Å². The molecule has 104 valence electrons. The van der Waals surface area contributed by atoms with Crippen molar-refractivity contribution in [3.8, 4) is 0 Å². The van der Waals surface area contributed by atoms with Crippen molar-refractivity contribution in [3.63, 3.8) is 0 Å². The summed E-state index contributed by atoms with van der Waals surface area (Å²) in [7, 11) is 1.60. The van der Waals surface area contributed by atoms with E-state index in [9.17, 15) is 9.59 Å². The lowest BCUT2D eigenvalue weighted by atomic mass is 10.1. The van der Waals surface area contributed by atoms with Crippen molar-refractivity contribution in [2.45, 2.75) is 18.9 Å². The molecule has 1 fully saturated rings. The molecule has 1 aromatic rings. The molecule has 1 aliphatic carbocycles. The fourth-order valence-corrected chi connectivity index (χ4v) is 1.69. The third-order valence-corrected chi connectivity index (χ3v) is 2.86. The molecular formula is C13H18ClN3O2. The number of hydrogen-bond donors (Lipinski definition) is 2. The molecule has 0 spiro atoms. The highest BCUT2D eigenvalue weighted by Crippen LogP contribution is 2.18. The number of para-hydroxylation sites is 1. The topological polar surface area (TPSA) is 75.4 Å². The van der Waals surface area contributed by atoms with Gasteiger partial charge in [0.1, 0.15) is 0 Å². The van der Waals surface area contributed by atoms with Gasteiger partial charge in [-0.3, -0.25) is 9.59 Å². The zero-order valence-corrected chi connectivity index (χ0v) is 11.6. The Labute approximate surface area is 118 Å². The Hall–Kier alpha value is -1.75. The van der Waals surface area contributed by atoms with Crippen LogP contribution in [0, 0.1) is 0 Å². The minimum atomic E-state index is -0.237. The number of halogens is 1. The Morgan fingerprint density at radius 1 is 1.37 bits per heavy atom. The Bertz CT molecular complexity index is 475. The van der Waals surface area contributed by atoms with E-state index in [1.54, 1.807) is 31.3 Å². The van der Waals surface area contributed by atoms with Crippen LogP contribution in [0.15, 0.2) is 24.3 Å². The second kappa shape index (κ2) is 6.43. The molecule has 6 heteroatoms. The van der Waals surface area contributed by atoms with E-state index in [0.717, 1.165) is 12.8 Å². The summed E-state index contributed by atoms with van der Waals surface area (Å²) in [6.07, 6.45) is 2.07. The van der Waals surface area contributed by atoms with Crippen LogP contribution in [0.3, 0.4) is 0 Å². The SMILES string of the molecule is CN(CC(=O)NC1CC1)C(=O)c1ccccc1N.Cl. The van der Waals surface area contributed by atoms with Gasteiger partial charge in [0.2, 0.25) is 5.91 Å². The molecule has 19 heavy (non-hydrogen) atoms. The standard InChI is InChI=1S/C13H17N3O2.ClH/c1-16(8-12(17)15-9-6-7-9)13(18)10-4-2-3-5-11(10)14;/h2-5,9H,6-8,14H2,1H3,(H,15,17);1H. The van der Waals surface area contributed by atoms with Crippen molar-refractivity contribution < 1.29 is 9.59 Å². The molecule has 0 unspecified atom stereocenters. The summed E-state index contributed by atoms with van der Waals surface area (Å²) in [5.74, 6) is -0.359. The first kappa shape index (κ1) is 15.3. The van der Waals surface area contributed by atoms with E-state index in [2.05, 4.69) is 5.32 Å². The monoisotopic (exact) mass is 283 g/mol. The van der Waals surface area contributed by atoms with Crippen molar-refractivity contribution >= 4 is 29.9 Å². The number of carbonyl (C=O) groups is 2. The molecule has 1 saturated carbocycles. The highest BCUT2D eigenvalue weighted by molar-refractivity contribution is 6.00. The number of likely N-dealkylation sites (N-methyl/N-ethyl adjacent to an activating group) is 1. The van der Waals surface area contributed by atoms with E-state index in [-0.39, 0.29) is 30.8 Å². The highest BCUT2D eigenvalue weighted by atomic mass is 35.5. The number of carbonyl (C=O) groups excluding carboxylic acids is 2. The Balaban J connectivity index is 0.00000180. The van der Waals surface area contributed by atoms with Gasteiger partial charge in [-0.15, -0.1) is 12.4 Å². The Morgan fingerprint density at radius 3 is 2.58 bits per heavy atom. The quantitative estimate of drug-likeness (QED) is 0.811. The van der Waals surface area contributed by atoms with Gasteiger partial charge in [-0.25, -0.2) is 0 Å². The lowest BCUT2D eigenvalue weighted by molar-refractivity contribution is -0.121. The number of nitrogen functional groups attached to an aromatic ring is 1. The van der Waals surface area contributed by atoms with E-state index in [0.29, 0.717) is 17.3 Å². The van der Waals surface area contributed by atoms with E-state index in [1.807, 2.05) is 0 Å². The van der Waals surface area contributed by atoms with Crippen LogP contribution in [0.1, 0.15) is 23.2 Å². The number of anilines is 1. The Kier molecular flexibility index (Phi) is 5.18. The summed E-state index contributed by atoms with van der Waals surface area (Å²) < 4.78 is 0. The molecule has 0 aliphatic heterocycles. The first-order chi connectivity index (χ1) is 8.58. The lowest BCUT2D eigenvalue weighted by Gasteiger charge is -2.17. The minimum Gasteiger partial charge on any atom is -0.398 e. The van der Waals surface area contributed by atoms with Crippen LogP contribution in [-0.4, -0.2) is 36.3 Å². The Morgan fingerprint density at radius 2 is 2.00 bits per heavy atom. The smallest absolute Gasteiger partial charge is 0.256 e. The first-order valence-corrected chi connectivity index (χ1v) is 5.97. The van der Waals surface area contributed by atoms with Gasteiger partial charge in [-0.2, -0.15) is 0 Å². The molecule has 5 nitrogen and oxygen atoms in total. The van der Waals surface area contributed by atoms with Gasteiger partial charge in [0, 0.05) is 18.8 Å². The van der Waals surface area contributed by atoms with E-state index < -0.39 is 0 Å². The molecule has 0 saturated heterocycles. The summed E-state index contributed by atoms with van der Waals surface area (Å²) in [5, 5.41) is 2.84. The predicted octanol–water partition coefficient (Wildman–Crippen LogP) is 1.04. The maximum Gasteiger partial charge on any atom is 0.256 e. The molecule has 3 N–H and O–H groups in total. The summed E-state index contributed by atoms with van der Waals surface area (Å²) in [5.41, 5.74) is 6.59. The highest BCUT2D eigenvalue weighted by Gasteiger charge is 2.24. The molecule has 0 radical (unpaired) electrons. The average Bonchev–Trinajstić information content (AvgIpc) is 3.12. The van der Waals surface area contributed by atoms with Crippen LogP contribution in [0.25, 0.3) is 0 Å². The van der Waals surface area contributed by atoms with Gasteiger partial charge >= 0.3 is 0 Å². The second-order valence-electron chi connectivity index (χ2n) is 4.59. The first-order valence-electron chi connectivity index (χ1n) is 5.97. The molecule has 2 rings (SSSR count). The lowest BCUT2D eigenvalue weighted by Crippen LogP contribution is -2.39. The molecule has 0 aromatic heterocycles. The number of benzene rings is 1. The van der Waals surface area contributed by atoms with Crippen molar-refractivity contribution in [1.29, 1.82) is 0 Å². The fraction of sp³-hybridized carbons (Fsp3) is 0.385. The summed E-state index contributed by atoms with van der Waals surface area (Å²) in [6.45, 7) is 0.0592. The molecule has 1 aromatic carbocycles. The van der Waals surface area contributed by atoms with Crippen molar-refractivity contribution in [1.82, 2.24) is 10.2 Å². The summed E-state index contributed by atoms with van der Waals surface area (Å²) in [6, 6.07) is 7.16. The van der Waals surface area contributed by atoms with Crippen LogP contribution in [0.2, 0.25) is 0 Å². The zero-order valence-electron chi connectivity index (χ0n) is 10.8. The maximum atomic E-state index is 12.1. The molecule has 0 bridgehead atoms. The predicted molar refractivity (Wildman–Crippen MR) is 76.2 cm³/mol. The second-order valence-corrected chi connectivity index (χ2v) is 4.59. The van der Waals surface area contributed by atoms with Gasteiger partial charge in [-0.1, -0.05) is 12.1 Å². The van der Waals surface area contributed by atoms with Gasteiger partial charge < -0.3 is 16.0 Å². The van der Waals surface area contributed by atoms with Gasteiger partial charge in [0.25, 0.3) is 5.91 Å². The summed E-state index contributed by atoms with van der Waals surface area (Å²) in [4.78, 5) is 25.0. The summed E-state index contributed by atoms with van der Waals surface area (Å²) >= 11 is 0.